The summed E-state index contributed by atoms with van der Waals surface area (Å²) >= 11 is 0. The van der Waals surface area contributed by atoms with Crippen molar-refractivity contribution in [2.75, 3.05) is 0 Å². The Morgan fingerprint density at radius 3 is 2.24 bits per heavy atom. The number of carbonyl (C=O) groups is 2. The van der Waals surface area contributed by atoms with Crippen molar-refractivity contribution in [3.05, 3.63) is 0 Å². The molecule has 0 saturated heterocycles. The first-order valence-corrected chi connectivity index (χ1v) is 6.17. The van der Waals surface area contributed by atoms with Gasteiger partial charge < -0.3 is 14.9 Å². The maximum Gasteiger partial charge on any atom is 0.506 e. The van der Waals surface area contributed by atoms with Gasteiger partial charge in [-0.25, -0.2) is 4.79 Å². The van der Waals surface area contributed by atoms with Gasteiger partial charge in [0.25, 0.3) is 0 Å². The van der Waals surface area contributed by atoms with Gasteiger partial charge in [0, 0.05) is 6.42 Å². The molecule has 1 unspecified atom stereocenters. The Balaban J connectivity index is 3.53. The van der Waals surface area contributed by atoms with Crippen LogP contribution in [-0.2, 0) is 9.53 Å². The summed E-state index contributed by atoms with van der Waals surface area (Å²) in [4.78, 5) is 20.7. The molecular formula is C12H22O5. The van der Waals surface area contributed by atoms with Crippen LogP contribution in [-0.4, -0.2) is 28.4 Å². The summed E-state index contributed by atoms with van der Waals surface area (Å²) < 4.78 is 4.76. The molecule has 0 aliphatic rings. The lowest BCUT2D eigenvalue weighted by Gasteiger charge is -2.14. The molecule has 5 heteroatoms. The van der Waals surface area contributed by atoms with E-state index in [-0.39, 0.29) is 12.5 Å². The summed E-state index contributed by atoms with van der Waals surface area (Å²) in [6.07, 6.45) is 4.54. The lowest BCUT2D eigenvalue weighted by Crippen LogP contribution is -2.16. The third-order valence-corrected chi connectivity index (χ3v) is 2.54. The quantitative estimate of drug-likeness (QED) is 0.456. The standard InChI is InChI=1S/C12H22O5/c1-2-7-10(17-12(15)16)8-5-3-4-6-9-11(13)14/h10H,2-9H2,1H3,(H,13,14)(H,15,16). The van der Waals surface area contributed by atoms with Gasteiger partial charge in [-0.3, -0.25) is 4.79 Å². The fraction of sp³-hybridized carbons (Fsp3) is 0.833. The van der Waals surface area contributed by atoms with Crippen LogP contribution in [0, 0.1) is 0 Å². The SMILES string of the molecule is CCCC(CCCCCCC(=O)O)OC(=O)O. The van der Waals surface area contributed by atoms with Crippen LogP contribution in [0.3, 0.4) is 0 Å². The maximum absolute atomic E-state index is 10.4. The molecule has 0 aromatic rings. The van der Waals surface area contributed by atoms with Crippen molar-refractivity contribution < 1.29 is 24.5 Å². The van der Waals surface area contributed by atoms with E-state index in [0.29, 0.717) is 6.42 Å². The van der Waals surface area contributed by atoms with Gasteiger partial charge in [-0.05, 0) is 25.7 Å². The van der Waals surface area contributed by atoms with Crippen LogP contribution in [0.2, 0.25) is 0 Å². The molecule has 0 fully saturated rings. The van der Waals surface area contributed by atoms with Crippen LogP contribution in [0.1, 0.15) is 58.3 Å². The van der Waals surface area contributed by atoms with Crippen LogP contribution < -0.4 is 0 Å². The Kier molecular flexibility index (Phi) is 9.19. The fourth-order valence-electron chi connectivity index (χ4n) is 1.73. The van der Waals surface area contributed by atoms with E-state index in [2.05, 4.69) is 0 Å². The number of carboxylic acids is 1. The lowest BCUT2D eigenvalue weighted by molar-refractivity contribution is -0.137. The maximum atomic E-state index is 10.4. The average Bonchev–Trinajstić information content (AvgIpc) is 2.22. The van der Waals surface area contributed by atoms with Gasteiger partial charge in [0.15, 0.2) is 0 Å². The minimum absolute atomic E-state index is 0.211. The monoisotopic (exact) mass is 246 g/mol. The first-order chi connectivity index (χ1) is 8.06. The van der Waals surface area contributed by atoms with Crippen molar-refractivity contribution in [3.63, 3.8) is 0 Å². The average molecular weight is 246 g/mol. The Morgan fingerprint density at radius 2 is 1.71 bits per heavy atom. The molecule has 0 spiro atoms. The number of aliphatic carboxylic acids is 1. The van der Waals surface area contributed by atoms with E-state index in [0.717, 1.165) is 38.5 Å². The van der Waals surface area contributed by atoms with Crippen molar-refractivity contribution in [2.45, 2.75) is 64.4 Å². The van der Waals surface area contributed by atoms with Gasteiger partial charge in [-0.15, -0.1) is 0 Å². The Labute approximate surface area is 102 Å². The number of rotatable bonds is 10. The highest BCUT2D eigenvalue weighted by Crippen LogP contribution is 2.13. The number of ether oxygens (including phenoxy) is 1. The number of hydrogen-bond acceptors (Lipinski definition) is 3. The second kappa shape index (κ2) is 9.93. The summed E-state index contributed by atoms with van der Waals surface area (Å²) in [5.41, 5.74) is 0. The van der Waals surface area contributed by atoms with E-state index in [1.165, 1.54) is 0 Å². The van der Waals surface area contributed by atoms with Crippen LogP contribution >= 0.6 is 0 Å². The molecule has 0 amide bonds. The molecule has 0 aromatic carbocycles. The molecule has 5 nitrogen and oxygen atoms in total. The Hall–Kier alpha value is -1.26. The van der Waals surface area contributed by atoms with E-state index >= 15 is 0 Å². The van der Waals surface area contributed by atoms with Crippen molar-refractivity contribution in [1.82, 2.24) is 0 Å². The zero-order chi connectivity index (χ0) is 13.1. The van der Waals surface area contributed by atoms with Gasteiger partial charge in [-0.1, -0.05) is 26.2 Å². The van der Waals surface area contributed by atoms with Crippen LogP contribution in [0.15, 0.2) is 0 Å². The molecule has 0 aliphatic heterocycles. The van der Waals surface area contributed by atoms with E-state index in [1.807, 2.05) is 6.92 Å². The van der Waals surface area contributed by atoms with Gasteiger partial charge in [0.05, 0.1) is 0 Å². The topological polar surface area (TPSA) is 83.8 Å². The number of unbranched alkanes of at least 4 members (excludes halogenated alkanes) is 3. The van der Waals surface area contributed by atoms with E-state index in [1.54, 1.807) is 0 Å². The Morgan fingerprint density at radius 1 is 1.06 bits per heavy atom. The minimum atomic E-state index is -1.21. The first-order valence-electron chi connectivity index (χ1n) is 6.17. The van der Waals surface area contributed by atoms with E-state index < -0.39 is 12.1 Å². The highest BCUT2D eigenvalue weighted by Gasteiger charge is 2.11. The summed E-state index contributed by atoms with van der Waals surface area (Å²) in [7, 11) is 0. The second-order valence-corrected chi connectivity index (χ2v) is 4.14. The molecule has 100 valence electrons. The summed E-state index contributed by atoms with van der Waals surface area (Å²) in [5.74, 6) is -0.761. The minimum Gasteiger partial charge on any atom is -0.481 e. The zero-order valence-electron chi connectivity index (χ0n) is 10.4. The van der Waals surface area contributed by atoms with Crippen molar-refractivity contribution in [1.29, 1.82) is 0 Å². The molecule has 0 heterocycles. The van der Waals surface area contributed by atoms with Crippen LogP contribution in [0.25, 0.3) is 0 Å². The van der Waals surface area contributed by atoms with Gasteiger partial charge >= 0.3 is 12.1 Å². The highest BCUT2D eigenvalue weighted by atomic mass is 16.7. The third kappa shape index (κ3) is 11.0. The van der Waals surface area contributed by atoms with Crippen LogP contribution in [0.5, 0.6) is 0 Å². The predicted molar refractivity (Wildman–Crippen MR) is 63.1 cm³/mol. The van der Waals surface area contributed by atoms with Gasteiger partial charge in [0.1, 0.15) is 6.10 Å². The lowest BCUT2D eigenvalue weighted by atomic mass is 10.0. The molecule has 0 radical (unpaired) electrons. The normalized spacial score (nSPS) is 12.1. The molecule has 1 atom stereocenters. The summed E-state index contributed by atoms with van der Waals surface area (Å²) in [6.45, 7) is 1.99. The van der Waals surface area contributed by atoms with Crippen molar-refractivity contribution in [3.8, 4) is 0 Å². The molecular weight excluding hydrogens is 224 g/mol. The first kappa shape index (κ1) is 15.7. The molecule has 0 bridgehead atoms. The van der Waals surface area contributed by atoms with Crippen LogP contribution in [0.4, 0.5) is 4.79 Å². The van der Waals surface area contributed by atoms with Gasteiger partial charge in [0.2, 0.25) is 0 Å². The van der Waals surface area contributed by atoms with Crippen molar-refractivity contribution in [2.24, 2.45) is 0 Å². The van der Waals surface area contributed by atoms with Crippen molar-refractivity contribution >= 4 is 12.1 Å². The molecule has 17 heavy (non-hydrogen) atoms. The smallest absolute Gasteiger partial charge is 0.481 e. The highest BCUT2D eigenvalue weighted by molar-refractivity contribution is 5.66. The summed E-state index contributed by atoms with van der Waals surface area (Å²) in [5, 5.41) is 17.0. The van der Waals surface area contributed by atoms with Gasteiger partial charge in [-0.2, -0.15) is 0 Å². The molecule has 0 aromatic heterocycles. The Bertz CT molecular complexity index is 227. The second-order valence-electron chi connectivity index (χ2n) is 4.14. The predicted octanol–water partition coefficient (Wildman–Crippen LogP) is 3.27. The molecule has 0 saturated carbocycles. The third-order valence-electron chi connectivity index (χ3n) is 2.54. The molecule has 0 aliphatic carbocycles. The van der Waals surface area contributed by atoms with E-state index in [9.17, 15) is 9.59 Å². The molecule has 0 rings (SSSR count). The zero-order valence-corrected chi connectivity index (χ0v) is 10.4. The number of carboxylic acid groups (broad SMARTS) is 2. The number of hydrogen-bond donors (Lipinski definition) is 2. The fourth-order valence-corrected chi connectivity index (χ4v) is 1.73. The summed E-state index contributed by atoms with van der Waals surface area (Å²) in [6, 6.07) is 0. The van der Waals surface area contributed by atoms with E-state index in [4.69, 9.17) is 14.9 Å². The molecule has 2 N–H and O–H groups in total. The largest absolute Gasteiger partial charge is 0.506 e.